The van der Waals surface area contributed by atoms with Gasteiger partial charge in [-0.05, 0) is 61.9 Å². The second-order valence-electron chi connectivity index (χ2n) is 7.97. The van der Waals surface area contributed by atoms with Gasteiger partial charge in [-0.15, -0.1) is 0 Å². The number of piperidine rings is 1. The number of ether oxygens (including phenoxy) is 1. The highest BCUT2D eigenvalue weighted by molar-refractivity contribution is 7.87. The Kier molecular flexibility index (Phi) is 7.00. The molecule has 0 radical (unpaired) electrons. The topological polar surface area (TPSA) is 90.0 Å². The van der Waals surface area contributed by atoms with Crippen LogP contribution in [0.5, 0.6) is 5.75 Å². The first-order chi connectivity index (χ1) is 14.7. The van der Waals surface area contributed by atoms with Crippen LogP contribution in [0.1, 0.15) is 41.3 Å². The molecule has 0 aliphatic carbocycles. The number of hydrogen-bond donors (Lipinski definition) is 0. The molecule has 2 aromatic carbocycles. The van der Waals surface area contributed by atoms with Gasteiger partial charge in [0.1, 0.15) is 10.5 Å². The van der Waals surface area contributed by atoms with Crippen LogP contribution in [0.15, 0.2) is 47.4 Å². The van der Waals surface area contributed by atoms with Crippen molar-refractivity contribution < 1.29 is 26.9 Å². The van der Waals surface area contributed by atoms with Crippen LogP contribution in [0.25, 0.3) is 0 Å². The molecule has 0 spiro atoms. The van der Waals surface area contributed by atoms with Crippen molar-refractivity contribution >= 4 is 22.0 Å². The van der Waals surface area contributed by atoms with E-state index in [4.69, 9.17) is 8.92 Å². The SMILES string of the molecule is Cc1ccc(C)c(S(=O)(=O)Oc2ccccc2C(=O)OCC(=O)N2CCCC(C)C2)c1. The van der Waals surface area contributed by atoms with Gasteiger partial charge in [0.25, 0.3) is 5.91 Å². The fraction of sp³-hybridized carbons (Fsp3) is 0.391. The number of nitrogens with zero attached hydrogens (tertiary/aromatic N) is 1. The van der Waals surface area contributed by atoms with Gasteiger partial charge in [-0.2, -0.15) is 8.42 Å². The molecule has 1 fully saturated rings. The number of para-hydroxylation sites is 1. The summed E-state index contributed by atoms with van der Waals surface area (Å²) < 4.78 is 36.1. The molecular weight excluding hydrogens is 418 g/mol. The molecule has 1 aliphatic heterocycles. The maximum Gasteiger partial charge on any atom is 0.342 e. The molecule has 1 aliphatic rings. The molecule has 0 bridgehead atoms. The highest BCUT2D eigenvalue weighted by Crippen LogP contribution is 2.26. The molecular formula is C23H27NO6S. The van der Waals surface area contributed by atoms with Crippen LogP contribution < -0.4 is 4.18 Å². The number of benzene rings is 2. The van der Waals surface area contributed by atoms with E-state index < -0.39 is 22.7 Å². The zero-order chi connectivity index (χ0) is 22.6. The van der Waals surface area contributed by atoms with Crippen molar-refractivity contribution in [3.8, 4) is 5.75 Å². The number of aryl methyl sites for hydroxylation is 2. The molecule has 7 nitrogen and oxygen atoms in total. The van der Waals surface area contributed by atoms with Crippen molar-refractivity contribution in [3.63, 3.8) is 0 Å². The molecule has 0 saturated carbocycles. The van der Waals surface area contributed by atoms with E-state index >= 15 is 0 Å². The van der Waals surface area contributed by atoms with E-state index in [1.54, 1.807) is 43.0 Å². The normalized spacial score (nSPS) is 16.6. The van der Waals surface area contributed by atoms with Crippen molar-refractivity contribution in [1.29, 1.82) is 0 Å². The van der Waals surface area contributed by atoms with E-state index in [1.165, 1.54) is 18.2 Å². The van der Waals surface area contributed by atoms with Crippen LogP contribution >= 0.6 is 0 Å². The predicted molar refractivity (Wildman–Crippen MR) is 115 cm³/mol. The van der Waals surface area contributed by atoms with Crippen molar-refractivity contribution in [1.82, 2.24) is 4.90 Å². The van der Waals surface area contributed by atoms with E-state index in [0.29, 0.717) is 24.6 Å². The first-order valence-corrected chi connectivity index (χ1v) is 11.6. The smallest absolute Gasteiger partial charge is 0.342 e. The Morgan fingerprint density at radius 2 is 1.87 bits per heavy atom. The highest BCUT2D eigenvalue weighted by atomic mass is 32.2. The van der Waals surface area contributed by atoms with Gasteiger partial charge in [-0.1, -0.05) is 31.2 Å². The van der Waals surface area contributed by atoms with E-state index in [2.05, 4.69) is 6.92 Å². The van der Waals surface area contributed by atoms with Gasteiger partial charge in [0.05, 0.1) is 0 Å². The van der Waals surface area contributed by atoms with Crippen molar-refractivity contribution in [3.05, 3.63) is 59.2 Å². The Labute approximate surface area is 183 Å². The fourth-order valence-electron chi connectivity index (χ4n) is 3.56. The van der Waals surface area contributed by atoms with Crippen LogP contribution in [0.4, 0.5) is 0 Å². The van der Waals surface area contributed by atoms with Crippen LogP contribution in [0.3, 0.4) is 0 Å². The lowest BCUT2D eigenvalue weighted by molar-refractivity contribution is -0.136. The average molecular weight is 446 g/mol. The minimum atomic E-state index is -4.16. The third-order valence-electron chi connectivity index (χ3n) is 5.26. The number of hydrogen-bond acceptors (Lipinski definition) is 6. The van der Waals surface area contributed by atoms with Crippen LogP contribution in [0.2, 0.25) is 0 Å². The fourth-order valence-corrected chi connectivity index (χ4v) is 4.82. The molecule has 1 unspecified atom stereocenters. The van der Waals surface area contributed by atoms with Gasteiger partial charge >= 0.3 is 16.1 Å². The van der Waals surface area contributed by atoms with Gasteiger partial charge in [0.2, 0.25) is 0 Å². The van der Waals surface area contributed by atoms with E-state index in [-0.39, 0.29) is 22.1 Å². The molecule has 0 N–H and O–H groups in total. The second-order valence-corrected chi connectivity index (χ2v) is 9.48. The van der Waals surface area contributed by atoms with Gasteiger partial charge in [0, 0.05) is 13.1 Å². The maximum atomic E-state index is 12.8. The lowest BCUT2D eigenvalue weighted by Gasteiger charge is -2.30. The Balaban J connectivity index is 1.73. The van der Waals surface area contributed by atoms with Gasteiger partial charge in [0.15, 0.2) is 12.4 Å². The predicted octanol–water partition coefficient (Wildman–Crippen LogP) is 3.49. The van der Waals surface area contributed by atoms with Crippen molar-refractivity contribution in [2.24, 2.45) is 5.92 Å². The van der Waals surface area contributed by atoms with E-state index in [9.17, 15) is 18.0 Å². The highest BCUT2D eigenvalue weighted by Gasteiger charge is 2.25. The summed E-state index contributed by atoms with van der Waals surface area (Å²) in [5.74, 6) is -0.809. The Bertz CT molecular complexity index is 1080. The summed E-state index contributed by atoms with van der Waals surface area (Å²) in [5, 5.41) is 0. The monoisotopic (exact) mass is 445 g/mol. The third-order valence-corrected chi connectivity index (χ3v) is 6.63. The average Bonchev–Trinajstić information content (AvgIpc) is 2.73. The summed E-state index contributed by atoms with van der Waals surface area (Å²) in [6, 6.07) is 10.9. The van der Waals surface area contributed by atoms with Gasteiger partial charge in [-0.3, -0.25) is 4.79 Å². The number of esters is 1. The molecule has 3 rings (SSSR count). The first-order valence-electron chi connectivity index (χ1n) is 10.2. The summed E-state index contributed by atoms with van der Waals surface area (Å²) in [6.45, 7) is 6.42. The van der Waals surface area contributed by atoms with Gasteiger partial charge < -0.3 is 13.8 Å². The molecule has 1 amide bonds. The number of amides is 1. The van der Waals surface area contributed by atoms with Gasteiger partial charge in [-0.25, -0.2) is 4.79 Å². The minimum absolute atomic E-state index is 0.0325. The lowest BCUT2D eigenvalue weighted by Crippen LogP contribution is -2.41. The molecule has 1 atom stereocenters. The number of carbonyl (C=O) groups excluding carboxylic acids is 2. The van der Waals surface area contributed by atoms with Crippen molar-refractivity contribution in [2.75, 3.05) is 19.7 Å². The lowest BCUT2D eigenvalue weighted by atomic mass is 10.0. The van der Waals surface area contributed by atoms with E-state index in [1.807, 2.05) is 0 Å². The van der Waals surface area contributed by atoms with Crippen LogP contribution in [-0.2, 0) is 19.6 Å². The number of rotatable bonds is 6. The summed E-state index contributed by atoms with van der Waals surface area (Å²) in [6.07, 6.45) is 2.00. The molecule has 1 saturated heterocycles. The summed E-state index contributed by atoms with van der Waals surface area (Å²) >= 11 is 0. The molecule has 0 aromatic heterocycles. The number of likely N-dealkylation sites (tertiary alicyclic amines) is 1. The molecule has 166 valence electrons. The maximum absolute atomic E-state index is 12.8. The summed E-state index contributed by atoms with van der Waals surface area (Å²) in [7, 11) is -4.16. The number of carbonyl (C=O) groups is 2. The zero-order valence-corrected chi connectivity index (χ0v) is 18.8. The van der Waals surface area contributed by atoms with Crippen molar-refractivity contribution in [2.45, 2.75) is 38.5 Å². The molecule has 31 heavy (non-hydrogen) atoms. The quantitative estimate of drug-likeness (QED) is 0.499. The molecule has 2 aromatic rings. The zero-order valence-electron chi connectivity index (χ0n) is 18.0. The standard InChI is InChI=1S/C23H27NO6S/c1-16-10-11-18(3)21(13-16)31(27,28)30-20-9-5-4-8-19(20)23(26)29-15-22(25)24-12-6-7-17(2)14-24/h4-5,8-11,13,17H,6-7,12,14-15H2,1-3H3. The van der Waals surface area contributed by atoms with Crippen LogP contribution in [-0.4, -0.2) is 44.9 Å². The minimum Gasteiger partial charge on any atom is -0.452 e. The summed E-state index contributed by atoms with van der Waals surface area (Å²) in [4.78, 5) is 26.7. The summed E-state index contributed by atoms with van der Waals surface area (Å²) in [5.41, 5.74) is 1.24. The molecule has 8 heteroatoms. The Hall–Kier alpha value is -2.87. The Morgan fingerprint density at radius 1 is 1.13 bits per heavy atom. The largest absolute Gasteiger partial charge is 0.452 e. The second kappa shape index (κ2) is 9.51. The molecule has 1 heterocycles. The third kappa shape index (κ3) is 5.64. The first kappa shape index (κ1) is 22.8. The Morgan fingerprint density at radius 3 is 2.61 bits per heavy atom. The van der Waals surface area contributed by atoms with Crippen LogP contribution in [0, 0.1) is 19.8 Å². The van der Waals surface area contributed by atoms with E-state index in [0.717, 1.165) is 18.4 Å².